The summed E-state index contributed by atoms with van der Waals surface area (Å²) < 4.78 is 24.1. The van der Waals surface area contributed by atoms with Crippen LogP contribution in [0.1, 0.15) is 22.4 Å². The van der Waals surface area contributed by atoms with Crippen LogP contribution in [0.15, 0.2) is 29.6 Å². The predicted octanol–water partition coefficient (Wildman–Crippen LogP) is 2.75. The molecule has 1 aromatic carbocycles. The van der Waals surface area contributed by atoms with Crippen LogP contribution in [0, 0.1) is 6.92 Å². The van der Waals surface area contributed by atoms with Gasteiger partial charge in [0.25, 0.3) is 0 Å². The molecule has 0 saturated carbocycles. The first kappa shape index (κ1) is 15.4. The molecule has 1 atom stereocenters. The summed E-state index contributed by atoms with van der Waals surface area (Å²) in [5, 5.41) is 12.7. The van der Waals surface area contributed by atoms with Gasteiger partial charge in [-0.3, -0.25) is 0 Å². The third-order valence-corrected chi connectivity index (χ3v) is 5.72. The Labute approximate surface area is 127 Å². The van der Waals surface area contributed by atoms with Crippen LogP contribution in [0.3, 0.4) is 0 Å². The van der Waals surface area contributed by atoms with Crippen molar-refractivity contribution in [2.45, 2.75) is 18.8 Å². The fraction of sp³-hybridized carbons (Fsp3) is 0.308. The maximum Gasteiger partial charge on any atom is 0.159 e. The van der Waals surface area contributed by atoms with E-state index in [2.05, 4.69) is 4.98 Å². The Morgan fingerprint density at radius 3 is 2.70 bits per heavy atom. The minimum Gasteiger partial charge on any atom is -0.387 e. The number of hydrogen-bond acceptors (Lipinski definition) is 5. The summed E-state index contributed by atoms with van der Waals surface area (Å²) in [5.41, 5.74) is 1.22. The highest BCUT2D eigenvalue weighted by Gasteiger charge is 2.22. The van der Waals surface area contributed by atoms with E-state index in [-0.39, 0.29) is 11.5 Å². The molecular weight excluding hydrogens is 318 g/mol. The van der Waals surface area contributed by atoms with E-state index in [1.807, 2.05) is 6.92 Å². The monoisotopic (exact) mass is 331 g/mol. The van der Waals surface area contributed by atoms with Crippen LogP contribution in [0.5, 0.6) is 0 Å². The van der Waals surface area contributed by atoms with Crippen LogP contribution in [0.25, 0.3) is 0 Å². The van der Waals surface area contributed by atoms with Crippen molar-refractivity contribution in [3.8, 4) is 0 Å². The van der Waals surface area contributed by atoms with Gasteiger partial charge in [-0.2, -0.15) is 0 Å². The number of sulfone groups is 1. The summed E-state index contributed by atoms with van der Waals surface area (Å²) in [6.45, 7) is 1.81. The topological polar surface area (TPSA) is 67.3 Å². The Bertz CT molecular complexity index is 697. The summed E-state index contributed by atoms with van der Waals surface area (Å²) in [6, 6.07) is 6.68. The number of aromatic nitrogens is 1. The van der Waals surface area contributed by atoms with Crippen LogP contribution < -0.4 is 0 Å². The first-order valence-electron chi connectivity index (χ1n) is 5.91. The first-order valence-corrected chi connectivity index (χ1v) is 8.99. The number of aryl methyl sites for hydroxylation is 1. The number of aliphatic hydroxyl groups excluding tert-OH is 1. The van der Waals surface area contributed by atoms with Crippen LogP contribution in [0.2, 0.25) is 5.02 Å². The molecule has 1 unspecified atom stereocenters. The summed E-state index contributed by atoms with van der Waals surface area (Å²) in [5.74, 6) is -0.525. The molecule has 1 heterocycles. The fourth-order valence-electron chi connectivity index (χ4n) is 1.79. The van der Waals surface area contributed by atoms with Crippen molar-refractivity contribution < 1.29 is 13.5 Å². The highest BCUT2D eigenvalue weighted by Crippen LogP contribution is 2.25. The van der Waals surface area contributed by atoms with E-state index in [0.29, 0.717) is 15.6 Å². The van der Waals surface area contributed by atoms with E-state index in [1.54, 1.807) is 29.6 Å². The van der Waals surface area contributed by atoms with Gasteiger partial charge in [-0.15, -0.1) is 11.3 Å². The van der Waals surface area contributed by atoms with E-state index in [1.165, 1.54) is 11.3 Å². The second kappa shape index (κ2) is 6.22. The molecule has 0 saturated heterocycles. The number of benzene rings is 1. The normalized spacial score (nSPS) is 13.3. The Balaban J connectivity index is 2.10. The predicted molar refractivity (Wildman–Crippen MR) is 80.8 cm³/mol. The van der Waals surface area contributed by atoms with Crippen molar-refractivity contribution in [1.82, 2.24) is 4.98 Å². The van der Waals surface area contributed by atoms with Gasteiger partial charge in [-0.25, -0.2) is 13.4 Å². The molecule has 0 aliphatic heterocycles. The average molecular weight is 332 g/mol. The van der Waals surface area contributed by atoms with Crippen molar-refractivity contribution in [2.24, 2.45) is 0 Å². The largest absolute Gasteiger partial charge is 0.387 e. The molecule has 0 amide bonds. The van der Waals surface area contributed by atoms with Crippen molar-refractivity contribution in [3.63, 3.8) is 0 Å². The maximum atomic E-state index is 12.1. The molecule has 7 heteroatoms. The van der Waals surface area contributed by atoms with Crippen molar-refractivity contribution in [1.29, 1.82) is 0 Å². The number of rotatable bonds is 5. The van der Waals surface area contributed by atoms with Gasteiger partial charge in [0.1, 0.15) is 10.8 Å². The van der Waals surface area contributed by atoms with Crippen LogP contribution in [0.4, 0.5) is 0 Å². The Hall–Kier alpha value is -0.950. The molecule has 0 fully saturated rings. The molecule has 0 aliphatic carbocycles. The highest BCUT2D eigenvalue weighted by molar-refractivity contribution is 7.90. The lowest BCUT2D eigenvalue weighted by molar-refractivity contribution is 0.201. The minimum atomic E-state index is -3.45. The molecular formula is C13H14ClNO3S2. The quantitative estimate of drug-likeness (QED) is 0.914. The lowest BCUT2D eigenvalue weighted by Gasteiger charge is -2.12. The zero-order chi connectivity index (χ0) is 14.8. The summed E-state index contributed by atoms with van der Waals surface area (Å²) in [6.07, 6.45) is -1.13. The van der Waals surface area contributed by atoms with Gasteiger partial charge in [-0.05, 0) is 13.0 Å². The number of halogens is 1. The fourth-order valence-corrected chi connectivity index (χ4v) is 4.64. The van der Waals surface area contributed by atoms with Gasteiger partial charge in [-0.1, -0.05) is 29.8 Å². The number of nitrogens with zero attached hydrogens (tertiary/aromatic N) is 1. The van der Waals surface area contributed by atoms with Gasteiger partial charge < -0.3 is 5.11 Å². The Morgan fingerprint density at radius 1 is 1.40 bits per heavy atom. The molecule has 2 rings (SSSR count). The van der Waals surface area contributed by atoms with Gasteiger partial charge in [0.2, 0.25) is 0 Å². The van der Waals surface area contributed by atoms with Crippen LogP contribution >= 0.6 is 22.9 Å². The second-order valence-electron chi connectivity index (χ2n) is 4.47. The number of aliphatic hydroxyl groups is 1. The highest BCUT2D eigenvalue weighted by atomic mass is 35.5. The van der Waals surface area contributed by atoms with Crippen molar-refractivity contribution in [3.05, 3.63) is 50.9 Å². The lowest BCUT2D eigenvalue weighted by Crippen LogP contribution is -2.16. The molecule has 108 valence electrons. The smallest absolute Gasteiger partial charge is 0.159 e. The Morgan fingerprint density at radius 2 is 2.10 bits per heavy atom. The molecule has 20 heavy (non-hydrogen) atoms. The number of thiazole rings is 1. The molecule has 0 spiro atoms. The van der Waals surface area contributed by atoms with Crippen LogP contribution in [-0.4, -0.2) is 24.3 Å². The van der Waals surface area contributed by atoms with E-state index in [4.69, 9.17) is 11.6 Å². The molecule has 0 aliphatic rings. The summed E-state index contributed by atoms with van der Waals surface area (Å²) >= 11 is 7.25. The second-order valence-corrected chi connectivity index (χ2v) is 7.93. The maximum absolute atomic E-state index is 12.1. The van der Waals surface area contributed by atoms with Crippen molar-refractivity contribution >= 4 is 32.8 Å². The molecule has 2 aromatic rings. The summed E-state index contributed by atoms with van der Waals surface area (Å²) in [7, 11) is -3.45. The standard InChI is InChI=1S/C13H14ClNO3S2/c1-9-6-19-13(15-9)8-20(17,18)7-12(16)10-4-2-3-5-11(10)14/h2-6,12,16H,7-8H2,1H3. The van der Waals surface area contributed by atoms with Gasteiger partial charge in [0.15, 0.2) is 9.84 Å². The van der Waals surface area contributed by atoms with Crippen molar-refractivity contribution in [2.75, 3.05) is 5.75 Å². The zero-order valence-corrected chi connectivity index (χ0v) is 13.2. The first-order chi connectivity index (χ1) is 9.37. The van der Waals surface area contributed by atoms with Crippen LogP contribution in [-0.2, 0) is 15.6 Å². The molecule has 1 N–H and O–H groups in total. The zero-order valence-electron chi connectivity index (χ0n) is 10.8. The van der Waals surface area contributed by atoms with E-state index in [0.717, 1.165) is 5.69 Å². The summed E-state index contributed by atoms with van der Waals surface area (Å²) in [4.78, 5) is 4.13. The molecule has 0 bridgehead atoms. The average Bonchev–Trinajstić information content (AvgIpc) is 2.73. The third kappa shape index (κ3) is 4.02. The van der Waals surface area contributed by atoms with Gasteiger partial charge >= 0.3 is 0 Å². The molecule has 0 radical (unpaired) electrons. The van der Waals surface area contributed by atoms with E-state index < -0.39 is 15.9 Å². The minimum absolute atomic E-state index is 0.160. The number of hydrogen-bond donors (Lipinski definition) is 1. The lowest BCUT2D eigenvalue weighted by atomic mass is 10.1. The molecule has 1 aromatic heterocycles. The van der Waals surface area contributed by atoms with Gasteiger partial charge in [0, 0.05) is 21.7 Å². The third-order valence-electron chi connectivity index (χ3n) is 2.69. The van der Waals surface area contributed by atoms with E-state index in [9.17, 15) is 13.5 Å². The Kier molecular flexibility index (Phi) is 4.80. The SMILES string of the molecule is Cc1csc(CS(=O)(=O)CC(O)c2ccccc2Cl)n1. The molecule has 4 nitrogen and oxygen atoms in total. The van der Waals surface area contributed by atoms with E-state index >= 15 is 0 Å². The van der Waals surface area contributed by atoms with Gasteiger partial charge in [0.05, 0.1) is 11.9 Å².